The Labute approximate surface area is 113 Å². The van der Waals surface area contributed by atoms with Crippen LogP contribution < -0.4 is 10.1 Å². The topological polar surface area (TPSA) is 38.3 Å². The quantitative estimate of drug-likeness (QED) is 0.890. The van der Waals surface area contributed by atoms with Gasteiger partial charge >= 0.3 is 12.3 Å². The van der Waals surface area contributed by atoms with Crippen LogP contribution in [0.2, 0.25) is 0 Å². The van der Waals surface area contributed by atoms with Gasteiger partial charge in [-0.15, -0.1) is 0 Å². The van der Waals surface area contributed by atoms with Crippen molar-refractivity contribution in [1.82, 2.24) is 0 Å². The van der Waals surface area contributed by atoms with E-state index < -0.39 is 17.8 Å². The molecule has 104 valence electrons. The third-order valence-electron chi connectivity index (χ3n) is 2.41. The second-order valence-corrected chi connectivity index (χ2v) is 3.90. The van der Waals surface area contributed by atoms with E-state index in [2.05, 4.69) is 5.32 Å². The van der Waals surface area contributed by atoms with Gasteiger partial charge < -0.3 is 4.74 Å². The molecule has 0 heterocycles. The molecule has 20 heavy (non-hydrogen) atoms. The van der Waals surface area contributed by atoms with Crippen LogP contribution in [0.4, 0.5) is 23.7 Å². The van der Waals surface area contributed by atoms with Crippen molar-refractivity contribution < 1.29 is 22.7 Å². The van der Waals surface area contributed by atoms with Crippen LogP contribution in [0, 0.1) is 0 Å². The lowest BCUT2D eigenvalue weighted by atomic mass is 10.2. The standard InChI is InChI=1S/C14H10F3NO2/c15-14(16,17)10-6-8-12(9-7-10)20-13(19)18-11-4-2-1-3-5-11/h1-9H,(H,18,19). The Morgan fingerprint density at radius 2 is 1.55 bits per heavy atom. The summed E-state index contributed by atoms with van der Waals surface area (Å²) < 4.78 is 41.9. The molecule has 1 N–H and O–H groups in total. The van der Waals surface area contributed by atoms with Gasteiger partial charge in [-0.1, -0.05) is 18.2 Å². The number of nitrogens with one attached hydrogen (secondary N) is 1. The van der Waals surface area contributed by atoms with Crippen molar-refractivity contribution in [3.63, 3.8) is 0 Å². The van der Waals surface area contributed by atoms with Gasteiger partial charge in [0.15, 0.2) is 0 Å². The third-order valence-corrected chi connectivity index (χ3v) is 2.41. The van der Waals surface area contributed by atoms with Crippen molar-refractivity contribution in [3.05, 3.63) is 60.2 Å². The maximum absolute atomic E-state index is 12.3. The number of hydrogen-bond acceptors (Lipinski definition) is 2. The summed E-state index contributed by atoms with van der Waals surface area (Å²) in [4.78, 5) is 11.5. The first-order valence-corrected chi connectivity index (χ1v) is 5.66. The van der Waals surface area contributed by atoms with Gasteiger partial charge in [-0.25, -0.2) is 4.79 Å². The minimum Gasteiger partial charge on any atom is -0.410 e. The van der Waals surface area contributed by atoms with Crippen molar-refractivity contribution in [3.8, 4) is 5.75 Å². The van der Waals surface area contributed by atoms with Gasteiger partial charge in [0.1, 0.15) is 5.75 Å². The number of rotatable bonds is 2. The van der Waals surface area contributed by atoms with Crippen molar-refractivity contribution in [1.29, 1.82) is 0 Å². The van der Waals surface area contributed by atoms with Crippen LogP contribution in [0.25, 0.3) is 0 Å². The first-order valence-electron chi connectivity index (χ1n) is 5.66. The lowest BCUT2D eigenvalue weighted by Crippen LogP contribution is -2.16. The third kappa shape index (κ3) is 3.74. The van der Waals surface area contributed by atoms with Crippen LogP contribution >= 0.6 is 0 Å². The van der Waals surface area contributed by atoms with E-state index in [1.54, 1.807) is 30.3 Å². The number of ether oxygens (including phenoxy) is 1. The molecule has 0 radical (unpaired) electrons. The van der Waals surface area contributed by atoms with Crippen LogP contribution in [-0.4, -0.2) is 6.09 Å². The zero-order valence-electron chi connectivity index (χ0n) is 10.1. The van der Waals surface area contributed by atoms with Crippen molar-refractivity contribution in [2.75, 3.05) is 5.32 Å². The van der Waals surface area contributed by atoms with Gasteiger partial charge in [-0.2, -0.15) is 13.2 Å². The second-order valence-electron chi connectivity index (χ2n) is 3.90. The lowest BCUT2D eigenvalue weighted by Gasteiger charge is -2.09. The highest BCUT2D eigenvalue weighted by Crippen LogP contribution is 2.30. The van der Waals surface area contributed by atoms with Crippen molar-refractivity contribution in [2.45, 2.75) is 6.18 Å². The Morgan fingerprint density at radius 3 is 2.10 bits per heavy atom. The number of benzene rings is 2. The summed E-state index contributed by atoms with van der Waals surface area (Å²) in [7, 11) is 0. The molecule has 0 saturated carbocycles. The summed E-state index contributed by atoms with van der Waals surface area (Å²) in [6, 6.07) is 12.5. The van der Waals surface area contributed by atoms with E-state index in [1.165, 1.54) is 0 Å². The van der Waals surface area contributed by atoms with E-state index >= 15 is 0 Å². The molecule has 0 aromatic heterocycles. The van der Waals surface area contributed by atoms with E-state index in [0.29, 0.717) is 5.69 Å². The van der Waals surface area contributed by atoms with Crippen LogP contribution in [0.3, 0.4) is 0 Å². The maximum Gasteiger partial charge on any atom is 0.417 e. The molecule has 0 aliphatic rings. The molecule has 0 spiro atoms. The molecule has 1 amide bonds. The van der Waals surface area contributed by atoms with Crippen molar-refractivity contribution >= 4 is 11.8 Å². The van der Waals surface area contributed by atoms with E-state index in [0.717, 1.165) is 24.3 Å². The Hall–Kier alpha value is -2.50. The summed E-state index contributed by atoms with van der Waals surface area (Å²) in [5.41, 5.74) is -0.266. The molecule has 0 unspecified atom stereocenters. The first kappa shape index (κ1) is 13.9. The number of amides is 1. The Morgan fingerprint density at radius 1 is 0.950 bits per heavy atom. The van der Waals surface area contributed by atoms with E-state index in [1.807, 2.05) is 0 Å². The Bertz CT molecular complexity index is 580. The van der Waals surface area contributed by atoms with Gasteiger partial charge in [0.05, 0.1) is 5.56 Å². The second kappa shape index (κ2) is 5.64. The fourth-order valence-electron chi connectivity index (χ4n) is 1.48. The molecule has 0 saturated heterocycles. The number of hydrogen-bond donors (Lipinski definition) is 1. The zero-order chi connectivity index (χ0) is 14.6. The van der Waals surface area contributed by atoms with Gasteiger partial charge in [0.25, 0.3) is 0 Å². The SMILES string of the molecule is O=C(Nc1ccccc1)Oc1ccc(C(F)(F)F)cc1. The van der Waals surface area contributed by atoms with Gasteiger partial charge in [-0.05, 0) is 36.4 Å². The minimum atomic E-state index is -4.41. The number of alkyl halides is 3. The van der Waals surface area contributed by atoms with Crippen LogP contribution in [0.15, 0.2) is 54.6 Å². The molecule has 0 bridgehead atoms. The van der Waals surface area contributed by atoms with Crippen molar-refractivity contribution in [2.24, 2.45) is 0 Å². The smallest absolute Gasteiger partial charge is 0.410 e. The number of carbonyl (C=O) groups excluding carboxylic acids is 1. The molecular formula is C14H10F3NO2. The molecular weight excluding hydrogens is 271 g/mol. The molecule has 2 aromatic carbocycles. The number of halogens is 3. The Balaban J connectivity index is 1.98. The molecule has 2 aromatic rings. The predicted molar refractivity (Wildman–Crippen MR) is 67.5 cm³/mol. The van der Waals surface area contributed by atoms with Gasteiger partial charge in [-0.3, -0.25) is 5.32 Å². The largest absolute Gasteiger partial charge is 0.417 e. The van der Waals surface area contributed by atoms with Crippen LogP contribution in [0.1, 0.15) is 5.56 Å². The highest BCUT2D eigenvalue weighted by molar-refractivity contribution is 5.86. The first-order chi connectivity index (χ1) is 9.45. The normalized spacial score (nSPS) is 10.9. The van der Waals surface area contributed by atoms with Crippen LogP contribution in [0.5, 0.6) is 5.75 Å². The molecule has 3 nitrogen and oxygen atoms in total. The summed E-state index contributed by atoms with van der Waals surface area (Å²) in [5.74, 6) is 0.0337. The average Bonchev–Trinajstić information content (AvgIpc) is 2.39. The lowest BCUT2D eigenvalue weighted by molar-refractivity contribution is -0.137. The van der Waals surface area contributed by atoms with Gasteiger partial charge in [0.2, 0.25) is 0 Å². The highest BCUT2D eigenvalue weighted by atomic mass is 19.4. The Kier molecular flexibility index (Phi) is 3.93. The molecule has 0 atom stereocenters. The summed E-state index contributed by atoms with van der Waals surface area (Å²) >= 11 is 0. The van der Waals surface area contributed by atoms with E-state index in [-0.39, 0.29) is 5.75 Å². The molecule has 6 heteroatoms. The fraction of sp³-hybridized carbons (Fsp3) is 0.0714. The minimum absolute atomic E-state index is 0.0337. The number of para-hydroxylation sites is 1. The van der Waals surface area contributed by atoms with E-state index in [4.69, 9.17) is 4.74 Å². The summed E-state index contributed by atoms with van der Waals surface area (Å²) in [6.45, 7) is 0. The summed E-state index contributed by atoms with van der Waals surface area (Å²) in [6.07, 6.45) is -5.18. The molecule has 2 rings (SSSR count). The summed E-state index contributed by atoms with van der Waals surface area (Å²) in [5, 5.41) is 2.45. The van der Waals surface area contributed by atoms with Gasteiger partial charge in [0, 0.05) is 5.69 Å². The van der Waals surface area contributed by atoms with Crippen LogP contribution in [-0.2, 0) is 6.18 Å². The number of anilines is 1. The fourth-order valence-corrected chi connectivity index (χ4v) is 1.48. The average molecular weight is 281 g/mol. The predicted octanol–water partition coefficient (Wildman–Crippen LogP) is 4.32. The maximum atomic E-state index is 12.3. The highest BCUT2D eigenvalue weighted by Gasteiger charge is 2.30. The van der Waals surface area contributed by atoms with E-state index in [9.17, 15) is 18.0 Å². The number of carbonyl (C=O) groups is 1. The monoisotopic (exact) mass is 281 g/mol. The zero-order valence-corrected chi connectivity index (χ0v) is 10.1. The molecule has 0 aliphatic carbocycles. The molecule has 0 aliphatic heterocycles. The molecule has 0 fully saturated rings.